The highest BCUT2D eigenvalue weighted by Gasteiger charge is 2.18. The highest BCUT2D eigenvalue weighted by atomic mass is 16.6. The Labute approximate surface area is 104 Å². The first-order chi connectivity index (χ1) is 8.45. The molecular weight excluding hydrogens is 238 g/mol. The fourth-order valence-corrected chi connectivity index (χ4v) is 1.40. The van der Waals surface area contributed by atoms with Gasteiger partial charge in [-0.15, -0.1) is 6.58 Å². The molecular formula is C12H13NO5. The maximum absolute atomic E-state index is 11.0. The summed E-state index contributed by atoms with van der Waals surface area (Å²) in [6.45, 7) is 5.31. The molecule has 6 heteroatoms. The number of nitro groups is 1. The van der Waals surface area contributed by atoms with Gasteiger partial charge in [0.2, 0.25) is 0 Å². The van der Waals surface area contributed by atoms with Crippen LogP contribution in [0.15, 0.2) is 30.9 Å². The molecule has 6 nitrogen and oxygen atoms in total. The second kappa shape index (κ2) is 5.81. The molecule has 0 aliphatic rings. The van der Waals surface area contributed by atoms with E-state index >= 15 is 0 Å². The number of benzene rings is 1. The van der Waals surface area contributed by atoms with Gasteiger partial charge in [0.15, 0.2) is 0 Å². The van der Waals surface area contributed by atoms with Crippen LogP contribution in [0.1, 0.15) is 23.7 Å². The Morgan fingerprint density at radius 3 is 2.83 bits per heavy atom. The highest BCUT2D eigenvalue weighted by Crippen LogP contribution is 2.25. The molecule has 0 heterocycles. The third-order valence-electron chi connectivity index (χ3n) is 2.23. The number of rotatable bonds is 6. The molecule has 0 spiro atoms. The SMILES string of the molecule is C=CC[C@H](C)Oc1ccc([N+](=O)[O-])cc1C(=O)O. The molecule has 1 aromatic rings. The van der Waals surface area contributed by atoms with Crippen molar-refractivity contribution in [3.8, 4) is 5.75 Å². The molecule has 0 saturated carbocycles. The van der Waals surface area contributed by atoms with Crippen LogP contribution in [-0.2, 0) is 0 Å². The van der Waals surface area contributed by atoms with Crippen LogP contribution in [0.3, 0.4) is 0 Å². The van der Waals surface area contributed by atoms with Gasteiger partial charge in [-0.25, -0.2) is 4.79 Å². The summed E-state index contributed by atoms with van der Waals surface area (Å²) in [7, 11) is 0. The minimum Gasteiger partial charge on any atom is -0.489 e. The summed E-state index contributed by atoms with van der Waals surface area (Å²) in [4.78, 5) is 20.9. The van der Waals surface area contributed by atoms with Crippen LogP contribution in [0, 0.1) is 10.1 Å². The third kappa shape index (κ3) is 3.31. The van der Waals surface area contributed by atoms with Crippen molar-refractivity contribution in [2.45, 2.75) is 19.4 Å². The van der Waals surface area contributed by atoms with E-state index in [1.807, 2.05) is 0 Å². The smallest absolute Gasteiger partial charge is 0.339 e. The van der Waals surface area contributed by atoms with Crippen molar-refractivity contribution in [3.63, 3.8) is 0 Å². The van der Waals surface area contributed by atoms with Gasteiger partial charge in [-0.1, -0.05) is 6.08 Å². The van der Waals surface area contributed by atoms with Crippen molar-refractivity contribution >= 4 is 11.7 Å². The Morgan fingerprint density at radius 2 is 2.33 bits per heavy atom. The molecule has 1 aromatic carbocycles. The van der Waals surface area contributed by atoms with E-state index in [-0.39, 0.29) is 23.1 Å². The third-order valence-corrected chi connectivity index (χ3v) is 2.23. The lowest BCUT2D eigenvalue weighted by Crippen LogP contribution is -2.13. The fourth-order valence-electron chi connectivity index (χ4n) is 1.40. The number of ether oxygens (including phenoxy) is 1. The van der Waals surface area contributed by atoms with Gasteiger partial charge in [0.25, 0.3) is 5.69 Å². The maximum atomic E-state index is 11.0. The first-order valence-corrected chi connectivity index (χ1v) is 5.25. The molecule has 1 rings (SSSR count). The van der Waals surface area contributed by atoms with Crippen molar-refractivity contribution in [2.24, 2.45) is 0 Å². The molecule has 18 heavy (non-hydrogen) atoms. The number of carboxylic acid groups (broad SMARTS) is 1. The Balaban J connectivity index is 3.07. The Hall–Kier alpha value is -2.37. The molecule has 0 aromatic heterocycles. The highest BCUT2D eigenvalue weighted by molar-refractivity contribution is 5.91. The molecule has 1 atom stereocenters. The summed E-state index contributed by atoms with van der Waals surface area (Å²) in [5.74, 6) is -1.15. The monoisotopic (exact) mass is 251 g/mol. The number of carbonyl (C=O) groups is 1. The summed E-state index contributed by atoms with van der Waals surface area (Å²) in [5.41, 5.74) is -0.503. The lowest BCUT2D eigenvalue weighted by Gasteiger charge is -2.14. The van der Waals surface area contributed by atoms with Crippen LogP contribution in [0.4, 0.5) is 5.69 Å². The van der Waals surface area contributed by atoms with Gasteiger partial charge in [-0.3, -0.25) is 10.1 Å². The van der Waals surface area contributed by atoms with Gasteiger partial charge in [-0.2, -0.15) is 0 Å². The zero-order chi connectivity index (χ0) is 13.7. The molecule has 0 fully saturated rings. The number of nitrogens with zero attached hydrogens (tertiary/aromatic N) is 1. The molecule has 96 valence electrons. The number of carboxylic acids is 1. The van der Waals surface area contributed by atoms with Crippen LogP contribution in [0.5, 0.6) is 5.75 Å². The van der Waals surface area contributed by atoms with Crippen molar-refractivity contribution in [1.29, 1.82) is 0 Å². The molecule has 0 saturated heterocycles. The molecule has 0 radical (unpaired) electrons. The number of non-ortho nitro benzene ring substituents is 1. The number of aromatic carboxylic acids is 1. The van der Waals surface area contributed by atoms with Crippen LogP contribution in [0.2, 0.25) is 0 Å². The predicted octanol–water partition coefficient (Wildman–Crippen LogP) is 2.64. The van der Waals surface area contributed by atoms with Crippen molar-refractivity contribution < 1.29 is 19.6 Å². The normalized spacial score (nSPS) is 11.6. The van der Waals surface area contributed by atoms with E-state index in [2.05, 4.69) is 6.58 Å². The Morgan fingerprint density at radius 1 is 1.67 bits per heavy atom. The van der Waals surface area contributed by atoms with Gasteiger partial charge in [0.1, 0.15) is 11.3 Å². The van der Waals surface area contributed by atoms with Gasteiger partial charge in [0.05, 0.1) is 11.0 Å². The minimum atomic E-state index is -1.26. The topological polar surface area (TPSA) is 89.7 Å². The zero-order valence-electron chi connectivity index (χ0n) is 9.83. The van der Waals surface area contributed by atoms with Gasteiger partial charge >= 0.3 is 5.97 Å². The second-order valence-electron chi connectivity index (χ2n) is 3.70. The summed E-state index contributed by atoms with van der Waals surface area (Å²) in [6, 6.07) is 3.49. The van der Waals surface area contributed by atoms with E-state index in [9.17, 15) is 14.9 Å². The van der Waals surface area contributed by atoms with E-state index < -0.39 is 10.9 Å². The molecule has 0 aliphatic heterocycles. The number of hydrogen-bond acceptors (Lipinski definition) is 4. The van der Waals surface area contributed by atoms with Crippen molar-refractivity contribution in [1.82, 2.24) is 0 Å². The minimum absolute atomic E-state index is 0.113. The first-order valence-electron chi connectivity index (χ1n) is 5.25. The summed E-state index contributed by atoms with van der Waals surface area (Å²) in [5, 5.41) is 19.6. The van der Waals surface area contributed by atoms with E-state index in [0.29, 0.717) is 6.42 Å². The zero-order valence-corrected chi connectivity index (χ0v) is 9.83. The Kier molecular flexibility index (Phi) is 4.42. The molecule has 0 unspecified atom stereocenters. The lowest BCUT2D eigenvalue weighted by atomic mass is 10.1. The fraction of sp³-hybridized carbons (Fsp3) is 0.250. The summed E-state index contributed by atoms with van der Waals surface area (Å²) in [6.07, 6.45) is 1.95. The summed E-state index contributed by atoms with van der Waals surface area (Å²) < 4.78 is 5.41. The lowest BCUT2D eigenvalue weighted by molar-refractivity contribution is -0.384. The predicted molar refractivity (Wildman–Crippen MR) is 65.0 cm³/mol. The first kappa shape index (κ1) is 13.7. The number of nitro benzene ring substituents is 1. The van der Waals surface area contributed by atoms with Crippen LogP contribution in [0.25, 0.3) is 0 Å². The Bertz CT molecular complexity index is 483. The van der Waals surface area contributed by atoms with E-state index in [0.717, 1.165) is 6.07 Å². The van der Waals surface area contributed by atoms with Crippen LogP contribution in [-0.4, -0.2) is 22.1 Å². The van der Waals surface area contributed by atoms with Crippen LogP contribution < -0.4 is 4.74 Å². The summed E-state index contributed by atoms with van der Waals surface area (Å²) >= 11 is 0. The van der Waals surface area contributed by atoms with E-state index in [1.54, 1.807) is 13.0 Å². The average molecular weight is 251 g/mol. The van der Waals surface area contributed by atoms with Crippen molar-refractivity contribution in [3.05, 3.63) is 46.5 Å². The second-order valence-corrected chi connectivity index (χ2v) is 3.70. The van der Waals surface area contributed by atoms with Crippen molar-refractivity contribution in [2.75, 3.05) is 0 Å². The molecule has 0 aliphatic carbocycles. The van der Waals surface area contributed by atoms with Gasteiger partial charge in [0, 0.05) is 18.6 Å². The largest absolute Gasteiger partial charge is 0.489 e. The maximum Gasteiger partial charge on any atom is 0.339 e. The number of hydrogen-bond donors (Lipinski definition) is 1. The van der Waals surface area contributed by atoms with Crippen LogP contribution >= 0.6 is 0 Å². The quantitative estimate of drug-likeness (QED) is 0.477. The van der Waals surface area contributed by atoms with Gasteiger partial charge < -0.3 is 9.84 Å². The van der Waals surface area contributed by atoms with E-state index in [4.69, 9.17) is 9.84 Å². The molecule has 0 bridgehead atoms. The van der Waals surface area contributed by atoms with Gasteiger partial charge in [-0.05, 0) is 13.0 Å². The average Bonchev–Trinajstić information content (AvgIpc) is 2.29. The molecule has 1 N–H and O–H groups in total. The standard InChI is InChI=1S/C12H13NO5/c1-3-4-8(2)18-11-6-5-9(13(16)17)7-10(11)12(14)15/h3,5-8H,1,4H2,2H3,(H,14,15)/t8-/m0/s1. The van der Waals surface area contributed by atoms with E-state index in [1.165, 1.54) is 12.1 Å². The molecule has 0 amide bonds.